The first-order valence-corrected chi connectivity index (χ1v) is 5.31. The molecule has 0 saturated heterocycles. The zero-order valence-electron chi connectivity index (χ0n) is 8.24. The Labute approximate surface area is 88.4 Å². The SMILES string of the molecule is Cc1nc2c(C)c3c(=O)[nH]ncn3c2s1. The molecule has 3 aromatic heterocycles. The number of thiazole rings is 1. The van der Waals surface area contributed by atoms with Crippen molar-refractivity contribution in [1.29, 1.82) is 0 Å². The van der Waals surface area contributed by atoms with Gasteiger partial charge in [0, 0.05) is 5.56 Å². The molecule has 0 aliphatic rings. The van der Waals surface area contributed by atoms with Crippen molar-refractivity contribution in [2.24, 2.45) is 0 Å². The van der Waals surface area contributed by atoms with Gasteiger partial charge in [-0.05, 0) is 13.8 Å². The first-order chi connectivity index (χ1) is 7.18. The smallest absolute Gasteiger partial charge is 0.283 e. The van der Waals surface area contributed by atoms with Crippen molar-refractivity contribution >= 4 is 27.2 Å². The van der Waals surface area contributed by atoms with E-state index in [2.05, 4.69) is 15.2 Å². The summed E-state index contributed by atoms with van der Waals surface area (Å²) in [5, 5.41) is 7.22. The van der Waals surface area contributed by atoms with E-state index in [0.29, 0.717) is 5.52 Å². The topological polar surface area (TPSA) is 63.0 Å². The lowest BCUT2D eigenvalue weighted by Gasteiger charge is -1.92. The van der Waals surface area contributed by atoms with E-state index in [1.165, 1.54) is 0 Å². The molecule has 6 heteroatoms. The molecule has 3 aromatic rings. The Hall–Kier alpha value is -1.69. The van der Waals surface area contributed by atoms with Crippen LogP contribution in [0.2, 0.25) is 0 Å². The molecule has 0 spiro atoms. The van der Waals surface area contributed by atoms with Crippen molar-refractivity contribution in [2.75, 3.05) is 0 Å². The molecule has 0 fully saturated rings. The third kappa shape index (κ3) is 0.992. The number of aryl methyl sites for hydroxylation is 2. The van der Waals surface area contributed by atoms with Gasteiger partial charge in [-0.1, -0.05) is 0 Å². The van der Waals surface area contributed by atoms with Crippen LogP contribution in [0.25, 0.3) is 15.9 Å². The van der Waals surface area contributed by atoms with Crippen molar-refractivity contribution in [1.82, 2.24) is 19.6 Å². The summed E-state index contributed by atoms with van der Waals surface area (Å²) in [6, 6.07) is 0. The van der Waals surface area contributed by atoms with Crippen LogP contribution in [0.4, 0.5) is 0 Å². The summed E-state index contributed by atoms with van der Waals surface area (Å²) < 4.78 is 1.80. The number of hydrogen-bond acceptors (Lipinski definition) is 4. The van der Waals surface area contributed by atoms with Crippen LogP contribution in [0, 0.1) is 13.8 Å². The van der Waals surface area contributed by atoms with Gasteiger partial charge in [0.25, 0.3) is 5.56 Å². The molecule has 3 rings (SSSR count). The average Bonchev–Trinajstić information content (AvgIpc) is 2.68. The molecule has 0 radical (unpaired) electrons. The summed E-state index contributed by atoms with van der Waals surface area (Å²) >= 11 is 1.57. The van der Waals surface area contributed by atoms with E-state index in [0.717, 1.165) is 20.9 Å². The Kier molecular flexibility index (Phi) is 1.53. The molecule has 0 aromatic carbocycles. The van der Waals surface area contributed by atoms with Gasteiger partial charge in [-0.2, -0.15) is 5.10 Å². The zero-order chi connectivity index (χ0) is 10.6. The number of rotatable bonds is 0. The fourth-order valence-electron chi connectivity index (χ4n) is 1.81. The van der Waals surface area contributed by atoms with Crippen LogP contribution in [-0.4, -0.2) is 19.6 Å². The summed E-state index contributed by atoms with van der Waals surface area (Å²) in [5.41, 5.74) is 2.28. The average molecular weight is 220 g/mol. The predicted molar refractivity (Wildman–Crippen MR) is 58.5 cm³/mol. The van der Waals surface area contributed by atoms with Crippen LogP contribution in [-0.2, 0) is 0 Å². The minimum atomic E-state index is -0.169. The lowest BCUT2D eigenvalue weighted by molar-refractivity contribution is 0.931. The molecular formula is C9H8N4OS. The molecule has 0 amide bonds. The fraction of sp³-hybridized carbons (Fsp3) is 0.222. The van der Waals surface area contributed by atoms with E-state index < -0.39 is 0 Å². The molecule has 0 unspecified atom stereocenters. The molecule has 1 N–H and O–H groups in total. The second-order valence-electron chi connectivity index (χ2n) is 3.42. The molecule has 0 aliphatic carbocycles. The number of H-pyrrole nitrogens is 1. The summed E-state index contributed by atoms with van der Waals surface area (Å²) in [6.07, 6.45) is 1.61. The number of aromatic nitrogens is 4. The maximum Gasteiger partial charge on any atom is 0.288 e. The highest BCUT2D eigenvalue weighted by molar-refractivity contribution is 7.18. The second kappa shape index (κ2) is 2.66. The van der Waals surface area contributed by atoms with Crippen LogP contribution in [0.3, 0.4) is 0 Å². The van der Waals surface area contributed by atoms with E-state index in [1.54, 1.807) is 22.1 Å². The van der Waals surface area contributed by atoms with E-state index in [1.807, 2.05) is 13.8 Å². The van der Waals surface area contributed by atoms with E-state index in [9.17, 15) is 4.79 Å². The first-order valence-electron chi connectivity index (χ1n) is 4.50. The van der Waals surface area contributed by atoms with E-state index in [4.69, 9.17) is 0 Å². The Morgan fingerprint density at radius 3 is 3.07 bits per heavy atom. The van der Waals surface area contributed by atoms with Crippen LogP contribution < -0.4 is 5.56 Å². The Morgan fingerprint density at radius 1 is 1.47 bits per heavy atom. The van der Waals surface area contributed by atoms with Gasteiger partial charge < -0.3 is 0 Å². The predicted octanol–water partition coefficient (Wildman–Crippen LogP) is 1.25. The third-order valence-corrected chi connectivity index (χ3v) is 3.41. The van der Waals surface area contributed by atoms with E-state index >= 15 is 0 Å². The molecule has 76 valence electrons. The highest BCUT2D eigenvalue weighted by Gasteiger charge is 2.14. The molecular weight excluding hydrogens is 212 g/mol. The summed E-state index contributed by atoms with van der Waals surface area (Å²) in [6.45, 7) is 3.86. The van der Waals surface area contributed by atoms with E-state index in [-0.39, 0.29) is 5.56 Å². The quantitative estimate of drug-likeness (QED) is 0.620. The van der Waals surface area contributed by atoms with Gasteiger partial charge in [0.2, 0.25) is 0 Å². The van der Waals surface area contributed by atoms with Crippen LogP contribution >= 0.6 is 11.3 Å². The van der Waals surface area contributed by atoms with Crippen molar-refractivity contribution < 1.29 is 0 Å². The van der Waals surface area contributed by atoms with Crippen molar-refractivity contribution in [3.63, 3.8) is 0 Å². The Morgan fingerprint density at radius 2 is 2.27 bits per heavy atom. The largest absolute Gasteiger partial charge is 0.288 e. The molecule has 15 heavy (non-hydrogen) atoms. The zero-order valence-corrected chi connectivity index (χ0v) is 9.05. The van der Waals surface area contributed by atoms with Gasteiger partial charge in [-0.3, -0.25) is 9.20 Å². The van der Waals surface area contributed by atoms with Gasteiger partial charge >= 0.3 is 0 Å². The first kappa shape index (κ1) is 8.60. The van der Waals surface area contributed by atoms with Crippen molar-refractivity contribution in [2.45, 2.75) is 13.8 Å². The van der Waals surface area contributed by atoms with Crippen molar-refractivity contribution in [3.8, 4) is 0 Å². The minimum Gasteiger partial charge on any atom is -0.283 e. The van der Waals surface area contributed by atoms with Gasteiger partial charge in [0.15, 0.2) is 0 Å². The highest BCUT2D eigenvalue weighted by Crippen LogP contribution is 2.27. The van der Waals surface area contributed by atoms with Crippen LogP contribution in [0.5, 0.6) is 0 Å². The maximum absolute atomic E-state index is 11.6. The summed E-state index contributed by atoms with van der Waals surface area (Å²) in [7, 11) is 0. The number of fused-ring (bicyclic) bond motifs is 3. The standard InChI is InChI=1S/C9H8N4OS/c1-4-6-9(15-5(2)11-6)13-3-10-12-8(14)7(4)13/h3H,1-2H3,(H,12,14). The fourth-order valence-corrected chi connectivity index (χ4v) is 2.76. The molecule has 0 saturated carbocycles. The Bertz CT molecular complexity index is 721. The monoisotopic (exact) mass is 220 g/mol. The molecule has 0 bridgehead atoms. The summed E-state index contributed by atoms with van der Waals surface area (Å²) in [4.78, 5) is 17.0. The maximum atomic E-state index is 11.6. The second-order valence-corrected chi connectivity index (χ2v) is 4.60. The number of nitrogens with zero attached hydrogens (tertiary/aromatic N) is 3. The van der Waals surface area contributed by atoms with Gasteiger partial charge in [-0.15, -0.1) is 11.3 Å². The number of hydrogen-bond donors (Lipinski definition) is 1. The molecule has 5 nitrogen and oxygen atoms in total. The van der Waals surface area contributed by atoms with Crippen molar-refractivity contribution in [3.05, 3.63) is 27.3 Å². The van der Waals surface area contributed by atoms with Crippen LogP contribution in [0.1, 0.15) is 10.6 Å². The normalized spacial score (nSPS) is 11.6. The molecule has 0 aliphatic heterocycles. The minimum absolute atomic E-state index is 0.169. The number of nitrogens with one attached hydrogen (secondary N) is 1. The highest BCUT2D eigenvalue weighted by atomic mass is 32.1. The molecule has 0 atom stereocenters. The third-order valence-electron chi connectivity index (χ3n) is 2.44. The molecule has 3 heterocycles. The van der Waals surface area contributed by atoms with Gasteiger partial charge in [0.1, 0.15) is 22.2 Å². The number of aromatic amines is 1. The lowest BCUT2D eigenvalue weighted by Crippen LogP contribution is -2.11. The van der Waals surface area contributed by atoms with Crippen LogP contribution in [0.15, 0.2) is 11.1 Å². The van der Waals surface area contributed by atoms with Gasteiger partial charge in [0.05, 0.1) is 5.01 Å². The van der Waals surface area contributed by atoms with Gasteiger partial charge in [-0.25, -0.2) is 10.1 Å². The lowest BCUT2D eigenvalue weighted by atomic mass is 10.3. The Balaban J connectivity index is 2.71. The summed E-state index contributed by atoms with van der Waals surface area (Å²) in [5.74, 6) is 0.